The van der Waals surface area contributed by atoms with E-state index < -0.39 is 33.7 Å². The Morgan fingerprint density at radius 1 is 1.18 bits per heavy atom. The minimum absolute atomic E-state index is 0.0582. The number of aromatic nitrogens is 2. The molecule has 3 rings (SSSR count). The van der Waals surface area contributed by atoms with Crippen molar-refractivity contribution in [3.8, 4) is 17.0 Å². The van der Waals surface area contributed by atoms with E-state index in [0.717, 1.165) is 24.4 Å². The summed E-state index contributed by atoms with van der Waals surface area (Å²) in [4.78, 5) is 19.6. The molecule has 0 fully saturated rings. The average molecular weight is 497 g/mol. The van der Waals surface area contributed by atoms with Crippen LogP contribution < -0.4 is 10.1 Å². The molecular weight excluding hydrogens is 473 g/mol. The molecule has 0 saturated carbocycles. The second kappa shape index (κ2) is 10.6. The molecule has 182 valence electrons. The van der Waals surface area contributed by atoms with E-state index in [9.17, 15) is 22.5 Å². The summed E-state index contributed by atoms with van der Waals surface area (Å²) in [5, 5.41) is 2.78. The Hall–Kier alpha value is -3.51. The van der Waals surface area contributed by atoms with Crippen molar-refractivity contribution < 1.29 is 32.0 Å². The molecular formula is C22H23F3N4O4S. The summed E-state index contributed by atoms with van der Waals surface area (Å²) in [7, 11) is -1.79. The van der Waals surface area contributed by atoms with Gasteiger partial charge in [-0.05, 0) is 49.1 Å². The first-order valence-corrected chi connectivity index (χ1v) is 12.3. The highest BCUT2D eigenvalue weighted by Crippen LogP contribution is 2.32. The third-order valence-corrected chi connectivity index (χ3v) is 5.98. The van der Waals surface area contributed by atoms with Crippen LogP contribution in [0.2, 0.25) is 0 Å². The predicted molar refractivity (Wildman–Crippen MR) is 124 cm³/mol. The molecule has 0 spiro atoms. The molecule has 0 saturated heterocycles. The highest BCUT2D eigenvalue weighted by molar-refractivity contribution is 7.98. The Balaban J connectivity index is 1.90. The van der Waals surface area contributed by atoms with Crippen molar-refractivity contribution in [3.63, 3.8) is 0 Å². The van der Waals surface area contributed by atoms with E-state index in [1.807, 2.05) is 0 Å². The zero-order valence-corrected chi connectivity index (χ0v) is 19.4. The lowest BCUT2D eigenvalue weighted by atomic mass is 10.1. The van der Waals surface area contributed by atoms with Crippen LogP contribution in [0.5, 0.6) is 5.75 Å². The molecule has 0 aliphatic carbocycles. The number of benzene rings is 2. The van der Waals surface area contributed by atoms with Gasteiger partial charge < -0.3 is 19.3 Å². The average Bonchev–Trinajstić information content (AvgIpc) is 2.74. The fraction of sp³-hybridized carbons (Fsp3) is 0.227. The first-order valence-electron chi connectivity index (χ1n) is 10.0. The van der Waals surface area contributed by atoms with Gasteiger partial charge in [-0.2, -0.15) is 4.36 Å². The molecule has 12 heteroatoms. The number of halogens is 3. The maximum absolute atomic E-state index is 14.4. The summed E-state index contributed by atoms with van der Waals surface area (Å²) >= 11 is 0. The van der Waals surface area contributed by atoms with Crippen LogP contribution >= 0.6 is 0 Å². The van der Waals surface area contributed by atoms with Gasteiger partial charge in [-0.3, -0.25) is 0 Å². The smallest absolute Gasteiger partial charge is 0.439 e. The Kier molecular flexibility index (Phi) is 7.84. The molecule has 1 aromatic heterocycles. The highest BCUT2D eigenvalue weighted by atomic mass is 32.3. The minimum atomic E-state index is -3.11. The van der Waals surface area contributed by atoms with Gasteiger partial charge in [0.15, 0.2) is 5.82 Å². The number of carbonyl (C=O) groups is 1. The number of nitrogens with one attached hydrogen (secondary N) is 1. The summed E-state index contributed by atoms with van der Waals surface area (Å²) in [5.41, 5.74) is 0.632. The zero-order chi connectivity index (χ0) is 24.9. The lowest BCUT2D eigenvalue weighted by molar-refractivity contribution is 0.164. The quantitative estimate of drug-likeness (QED) is 0.389. The Labute approximate surface area is 195 Å². The Bertz CT molecular complexity index is 1270. The summed E-state index contributed by atoms with van der Waals surface area (Å²) in [5.74, 6) is -2.02. The molecule has 34 heavy (non-hydrogen) atoms. The van der Waals surface area contributed by atoms with Gasteiger partial charge in [0.25, 0.3) is 0 Å². The van der Waals surface area contributed by atoms with Crippen molar-refractivity contribution in [1.29, 1.82) is 0 Å². The molecule has 0 atom stereocenters. The van der Waals surface area contributed by atoms with Gasteiger partial charge in [0.1, 0.15) is 23.1 Å². The predicted octanol–water partition coefficient (Wildman–Crippen LogP) is 5.14. The van der Waals surface area contributed by atoms with Gasteiger partial charge in [0.05, 0.1) is 19.9 Å². The molecule has 0 radical (unpaired) electrons. The van der Waals surface area contributed by atoms with E-state index in [2.05, 4.69) is 19.6 Å². The fourth-order valence-corrected chi connectivity index (χ4v) is 4.48. The van der Waals surface area contributed by atoms with E-state index in [0.29, 0.717) is 5.56 Å². The van der Waals surface area contributed by atoms with Crippen LogP contribution in [-0.4, -0.2) is 40.6 Å². The third kappa shape index (κ3) is 6.51. The minimum Gasteiger partial charge on any atom is -0.496 e. The number of methoxy groups -OCH3 is 1. The number of amides is 1. The topological polar surface area (TPSA) is 106 Å². The number of hydrogen-bond acceptors (Lipinski definition) is 6. The summed E-state index contributed by atoms with van der Waals surface area (Å²) < 4.78 is 66.2. The molecule has 8 nitrogen and oxygen atoms in total. The molecule has 0 unspecified atom stereocenters. The molecule has 1 amide bonds. The third-order valence-electron chi connectivity index (χ3n) is 4.42. The maximum Gasteiger partial charge on any atom is 0.439 e. The number of thiol groups is 1. The SMILES string of the molecule is CCOC(=O)N=[SH](C)(O)Cc1cc(F)cc(Nc2ncc(F)c(-c3ccc(F)cc3OC)n2)c1. The monoisotopic (exact) mass is 496 g/mol. The second-order valence-electron chi connectivity index (χ2n) is 7.25. The van der Waals surface area contributed by atoms with Crippen LogP contribution in [0.3, 0.4) is 0 Å². The van der Waals surface area contributed by atoms with Crippen molar-refractivity contribution in [1.82, 2.24) is 9.97 Å². The van der Waals surface area contributed by atoms with E-state index in [-0.39, 0.29) is 41.0 Å². The van der Waals surface area contributed by atoms with Gasteiger partial charge in [-0.15, -0.1) is 0 Å². The summed E-state index contributed by atoms with van der Waals surface area (Å²) in [6, 6.07) is 7.43. The molecule has 3 aromatic rings. The zero-order valence-electron chi connectivity index (χ0n) is 18.6. The summed E-state index contributed by atoms with van der Waals surface area (Å²) in [6.07, 6.45) is 1.43. The number of rotatable bonds is 7. The Morgan fingerprint density at radius 3 is 2.65 bits per heavy atom. The van der Waals surface area contributed by atoms with Gasteiger partial charge in [0, 0.05) is 23.1 Å². The van der Waals surface area contributed by atoms with Crippen LogP contribution in [0.1, 0.15) is 12.5 Å². The number of hydrogen-bond donors (Lipinski definition) is 3. The first-order chi connectivity index (χ1) is 16.1. The maximum atomic E-state index is 14.4. The van der Waals surface area contributed by atoms with Gasteiger partial charge in [-0.1, -0.05) is 10.1 Å². The fourth-order valence-electron chi connectivity index (χ4n) is 3.13. The van der Waals surface area contributed by atoms with E-state index in [4.69, 9.17) is 9.47 Å². The molecule has 1 heterocycles. The van der Waals surface area contributed by atoms with E-state index in [1.165, 1.54) is 31.6 Å². The molecule has 0 aliphatic rings. The van der Waals surface area contributed by atoms with Crippen LogP contribution in [0.15, 0.2) is 47.0 Å². The lowest BCUT2D eigenvalue weighted by Gasteiger charge is -2.18. The van der Waals surface area contributed by atoms with Gasteiger partial charge in [0.2, 0.25) is 5.95 Å². The van der Waals surface area contributed by atoms with Crippen molar-refractivity contribution in [2.75, 3.05) is 25.3 Å². The molecule has 0 bridgehead atoms. The standard InChI is InChI=1S/C22H23F3N4O4S/c1-4-33-22(30)29-34(3,31)12-13-7-15(24)9-16(8-13)27-21-26-11-18(25)20(28-21)17-6-5-14(23)10-19(17)32-2/h5-11,34H,4,12H2,1-3H3,(H,26,27,28)(H,29,30,31). The number of anilines is 2. The first kappa shape index (κ1) is 25.1. The Morgan fingerprint density at radius 2 is 1.94 bits per heavy atom. The van der Waals surface area contributed by atoms with Crippen molar-refractivity contribution in [3.05, 3.63) is 65.6 Å². The van der Waals surface area contributed by atoms with Crippen LogP contribution in [0.4, 0.5) is 29.6 Å². The molecule has 2 N–H and O–H groups in total. The number of ether oxygens (including phenoxy) is 2. The van der Waals surface area contributed by atoms with Gasteiger partial charge in [-0.25, -0.2) is 27.9 Å². The van der Waals surface area contributed by atoms with Gasteiger partial charge >= 0.3 is 6.09 Å². The summed E-state index contributed by atoms with van der Waals surface area (Å²) in [6.45, 7) is 1.72. The van der Waals surface area contributed by atoms with Crippen molar-refractivity contribution in [2.24, 2.45) is 4.36 Å². The van der Waals surface area contributed by atoms with Crippen molar-refractivity contribution in [2.45, 2.75) is 12.7 Å². The number of nitrogens with zero attached hydrogens (tertiary/aromatic N) is 3. The van der Waals surface area contributed by atoms with E-state index in [1.54, 1.807) is 6.92 Å². The van der Waals surface area contributed by atoms with Crippen LogP contribution in [0.25, 0.3) is 11.3 Å². The van der Waals surface area contributed by atoms with Crippen LogP contribution in [0, 0.1) is 17.5 Å². The highest BCUT2D eigenvalue weighted by Gasteiger charge is 2.16. The molecule has 0 aliphatic heterocycles. The van der Waals surface area contributed by atoms with E-state index >= 15 is 0 Å². The second-order valence-corrected chi connectivity index (χ2v) is 9.95. The van der Waals surface area contributed by atoms with Crippen LogP contribution in [-0.2, 0) is 20.6 Å². The molecule has 2 aromatic carbocycles. The largest absolute Gasteiger partial charge is 0.496 e. The lowest BCUT2D eigenvalue weighted by Crippen LogP contribution is -2.14. The van der Waals surface area contributed by atoms with Crippen molar-refractivity contribution >= 4 is 27.8 Å². The number of carbonyl (C=O) groups excluding carboxylic acids is 1. The normalized spacial score (nSPS) is 11.6.